The number of aliphatic carboxylic acids is 1. The first-order valence-corrected chi connectivity index (χ1v) is 8.44. The highest BCUT2D eigenvalue weighted by Gasteiger charge is 2.23. The third-order valence-electron chi connectivity index (χ3n) is 2.85. The molecular formula is C16H32N4O4. The average molecular weight is 344 g/mol. The number of rotatable bonds is 9. The first-order valence-electron chi connectivity index (χ1n) is 8.44. The van der Waals surface area contributed by atoms with E-state index < -0.39 is 23.7 Å². The van der Waals surface area contributed by atoms with Crippen LogP contribution in [0.4, 0.5) is 4.79 Å². The number of hydrogen-bond donors (Lipinski definition) is 4. The van der Waals surface area contributed by atoms with Crippen molar-refractivity contribution in [2.24, 2.45) is 4.99 Å². The number of alkyl carbamates (subject to hydrolysis) is 1. The van der Waals surface area contributed by atoms with Crippen LogP contribution in [0.5, 0.6) is 0 Å². The molecule has 0 aliphatic carbocycles. The monoisotopic (exact) mass is 344 g/mol. The van der Waals surface area contributed by atoms with Gasteiger partial charge in [-0.1, -0.05) is 0 Å². The molecule has 0 radical (unpaired) electrons. The summed E-state index contributed by atoms with van der Waals surface area (Å²) in [6.07, 6.45) is 0.999. The second-order valence-electron chi connectivity index (χ2n) is 6.32. The van der Waals surface area contributed by atoms with Crippen molar-refractivity contribution in [1.82, 2.24) is 16.0 Å². The first-order chi connectivity index (χ1) is 11.2. The Morgan fingerprint density at radius 3 is 2.17 bits per heavy atom. The Labute approximate surface area is 144 Å². The van der Waals surface area contributed by atoms with E-state index >= 15 is 0 Å². The van der Waals surface area contributed by atoms with E-state index in [1.54, 1.807) is 20.8 Å². The summed E-state index contributed by atoms with van der Waals surface area (Å²) in [7, 11) is 0. The standard InChI is InChI=1S/C16H32N4O4/c1-6-17-14(18-7-2)19-11-9-8-10-12(13(21)22)20-15(23)24-16(3,4)5/h12H,6-11H2,1-5H3,(H,20,23)(H,21,22)(H2,17,18,19)/t12-/m0/s1. The molecule has 0 saturated heterocycles. The predicted octanol–water partition coefficient (Wildman–Crippen LogP) is 1.71. The third kappa shape index (κ3) is 11.6. The minimum absolute atomic E-state index is 0.335. The Balaban J connectivity index is 4.24. The van der Waals surface area contributed by atoms with Gasteiger partial charge in [-0.05, 0) is 53.9 Å². The van der Waals surface area contributed by atoms with Crippen LogP contribution >= 0.6 is 0 Å². The summed E-state index contributed by atoms with van der Waals surface area (Å²) in [5, 5.41) is 17.8. The molecule has 140 valence electrons. The summed E-state index contributed by atoms with van der Waals surface area (Å²) in [5.74, 6) is -0.313. The number of guanidine groups is 1. The fourth-order valence-electron chi connectivity index (χ4n) is 1.87. The summed E-state index contributed by atoms with van der Waals surface area (Å²) < 4.78 is 5.08. The predicted molar refractivity (Wildman–Crippen MR) is 94.3 cm³/mol. The normalized spacial score (nSPS) is 12.0. The number of hydrogen-bond acceptors (Lipinski definition) is 4. The summed E-state index contributed by atoms with van der Waals surface area (Å²) >= 11 is 0. The molecule has 0 heterocycles. The summed E-state index contributed by atoms with van der Waals surface area (Å²) in [5.41, 5.74) is -0.656. The molecule has 0 aromatic carbocycles. The lowest BCUT2D eigenvalue weighted by Gasteiger charge is -2.22. The molecule has 1 atom stereocenters. The van der Waals surface area contributed by atoms with E-state index in [1.165, 1.54) is 0 Å². The van der Waals surface area contributed by atoms with Gasteiger partial charge in [-0.15, -0.1) is 0 Å². The number of carboxylic acid groups (broad SMARTS) is 1. The molecule has 0 bridgehead atoms. The molecule has 1 amide bonds. The fraction of sp³-hybridized carbons (Fsp3) is 0.812. The van der Waals surface area contributed by atoms with Crippen molar-refractivity contribution in [1.29, 1.82) is 0 Å². The zero-order valence-electron chi connectivity index (χ0n) is 15.4. The van der Waals surface area contributed by atoms with Gasteiger partial charge in [0, 0.05) is 19.6 Å². The number of amides is 1. The lowest BCUT2D eigenvalue weighted by atomic mass is 10.1. The maximum absolute atomic E-state index is 11.7. The van der Waals surface area contributed by atoms with Gasteiger partial charge < -0.3 is 25.8 Å². The van der Waals surface area contributed by atoms with Crippen molar-refractivity contribution in [2.45, 2.75) is 65.5 Å². The highest BCUT2D eigenvalue weighted by Crippen LogP contribution is 2.08. The lowest BCUT2D eigenvalue weighted by Crippen LogP contribution is -2.43. The number of carboxylic acids is 1. The summed E-state index contributed by atoms with van der Waals surface area (Å²) in [6, 6.07) is -0.953. The van der Waals surface area contributed by atoms with Gasteiger partial charge in [-0.2, -0.15) is 0 Å². The Morgan fingerprint density at radius 2 is 1.71 bits per heavy atom. The minimum Gasteiger partial charge on any atom is -0.480 e. The van der Waals surface area contributed by atoms with Gasteiger partial charge in [0.15, 0.2) is 5.96 Å². The number of ether oxygens (including phenoxy) is 1. The Kier molecular flexibility index (Phi) is 10.6. The molecular weight excluding hydrogens is 312 g/mol. The topological polar surface area (TPSA) is 112 Å². The highest BCUT2D eigenvalue weighted by atomic mass is 16.6. The summed E-state index contributed by atoms with van der Waals surface area (Å²) in [6.45, 7) is 11.3. The van der Waals surface area contributed by atoms with Crippen LogP contribution in [0.2, 0.25) is 0 Å². The quantitative estimate of drug-likeness (QED) is 0.288. The second kappa shape index (κ2) is 11.5. The van der Waals surface area contributed by atoms with Crippen LogP contribution in [-0.4, -0.2) is 54.4 Å². The van der Waals surface area contributed by atoms with Crippen LogP contribution in [0.25, 0.3) is 0 Å². The zero-order valence-corrected chi connectivity index (χ0v) is 15.4. The molecule has 0 unspecified atom stereocenters. The molecule has 24 heavy (non-hydrogen) atoms. The van der Waals surface area contributed by atoms with Crippen LogP contribution < -0.4 is 16.0 Å². The number of carbonyl (C=O) groups excluding carboxylic acids is 1. The van der Waals surface area contributed by atoms with Crippen molar-refractivity contribution in [2.75, 3.05) is 19.6 Å². The number of nitrogens with one attached hydrogen (secondary N) is 3. The van der Waals surface area contributed by atoms with Crippen LogP contribution in [0.1, 0.15) is 53.9 Å². The molecule has 8 heteroatoms. The maximum atomic E-state index is 11.7. The van der Waals surface area contributed by atoms with E-state index in [0.29, 0.717) is 19.4 Å². The molecule has 0 saturated carbocycles. The average Bonchev–Trinajstić information content (AvgIpc) is 2.43. The van der Waals surface area contributed by atoms with Gasteiger partial charge in [-0.3, -0.25) is 4.99 Å². The number of nitrogens with zero attached hydrogens (tertiary/aromatic N) is 1. The van der Waals surface area contributed by atoms with E-state index in [9.17, 15) is 14.7 Å². The van der Waals surface area contributed by atoms with Crippen LogP contribution in [-0.2, 0) is 9.53 Å². The molecule has 0 fully saturated rings. The molecule has 0 aliphatic heterocycles. The van der Waals surface area contributed by atoms with E-state index in [1.807, 2.05) is 13.8 Å². The van der Waals surface area contributed by atoms with E-state index in [2.05, 4.69) is 20.9 Å². The van der Waals surface area contributed by atoms with Crippen LogP contribution in [0.15, 0.2) is 4.99 Å². The number of unbranched alkanes of at least 4 members (excludes halogenated alkanes) is 1. The van der Waals surface area contributed by atoms with Crippen molar-refractivity contribution in [3.8, 4) is 0 Å². The number of aliphatic imine (C=N–C) groups is 1. The third-order valence-corrected chi connectivity index (χ3v) is 2.85. The summed E-state index contributed by atoms with van der Waals surface area (Å²) in [4.78, 5) is 27.3. The molecule has 0 aromatic heterocycles. The Morgan fingerprint density at radius 1 is 1.12 bits per heavy atom. The zero-order chi connectivity index (χ0) is 18.6. The number of carbonyl (C=O) groups is 2. The largest absolute Gasteiger partial charge is 0.480 e. The van der Waals surface area contributed by atoms with E-state index in [4.69, 9.17) is 4.74 Å². The Bertz CT molecular complexity index is 411. The second-order valence-corrected chi connectivity index (χ2v) is 6.32. The van der Waals surface area contributed by atoms with Gasteiger partial charge in [0.25, 0.3) is 0 Å². The van der Waals surface area contributed by atoms with Crippen molar-refractivity contribution in [3.63, 3.8) is 0 Å². The molecule has 4 N–H and O–H groups in total. The molecule has 0 aromatic rings. The van der Waals surface area contributed by atoms with Crippen molar-refractivity contribution >= 4 is 18.0 Å². The van der Waals surface area contributed by atoms with Crippen molar-refractivity contribution < 1.29 is 19.4 Å². The van der Waals surface area contributed by atoms with Crippen molar-refractivity contribution in [3.05, 3.63) is 0 Å². The van der Waals surface area contributed by atoms with Gasteiger partial charge >= 0.3 is 12.1 Å². The molecule has 0 spiro atoms. The smallest absolute Gasteiger partial charge is 0.408 e. The molecule has 0 rings (SSSR count). The van der Waals surface area contributed by atoms with E-state index in [0.717, 1.165) is 25.5 Å². The van der Waals surface area contributed by atoms with Crippen LogP contribution in [0.3, 0.4) is 0 Å². The Hall–Kier alpha value is -1.99. The van der Waals surface area contributed by atoms with E-state index in [-0.39, 0.29) is 0 Å². The van der Waals surface area contributed by atoms with Gasteiger partial charge in [0.2, 0.25) is 0 Å². The van der Waals surface area contributed by atoms with Gasteiger partial charge in [-0.25, -0.2) is 9.59 Å². The maximum Gasteiger partial charge on any atom is 0.408 e. The highest BCUT2D eigenvalue weighted by molar-refractivity contribution is 5.80. The van der Waals surface area contributed by atoms with Crippen LogP contribution in [0, 0.1) is 0 Å². The van der Waals surface area contributed by atoms with Gasteiger partial charge in [0.05, 0.1) is 0 Å². The SMILES string of the molecule is CCNC(=NCCCC[C@H](NC(=O)OC(C)(C)C)C(=O)O)NCC. The molecule has 8 nitrogen and oxygen atoms in total. The first kappa shape index (κ1) is 22.0. The van der Waals surface area contributed by atoms with Gasteiger partial charge in [0.1, 0.15) is 11.6 Å². The lowest BCUT2D eigenvalue weighted by molar-refractivity contribution is -0.139. The minimum atomic E-state index is -1.06. The molecule has 0 aliphatic rings. The fourth-order valence-corrected chi connectivity index (χ4v) is 1.87.